The quantitative estimate of drug-likeness (QED) is 0.733. The van der Waals surface area contributed by atoms with E-state index in [9.17, 15) is 14.0 Å². The number of aromatic amines is 1. The molecule has 1 aromatic heterocycles. The second-order valence-corrected chi connectivity index (χ2v) is 4.89. The van der Waals surface area contributed by atoms with Gasteiger partial charge in [-0.05, 0) is 19.1 Å². The number of carbonyl (C=O) groups excluding carboxylic acids is 1. The Bertz CT molecular complexity index is 895. The van der Waals surface area contributed by atoms with Gasteiger partial charge in [0.15, 0.2) is 5.78 Å². The van der Waals surface area contributed by atoms with Gasteiger partial charge in [0, 0.05) is 17.1 Å². The van der Waals surface area contributed by atoms with Crippen LogP contribution < -0.4 is 5.43 Å². The number of para-hydroxylation sites is 1. The zero-order valence-electron chi connectivity index (χ0n) is 11.3. The maximum Gasteiger partial charge on any atom is 0.200 e. The molecule has 21 heavy (non-hydrogen) atoms. The van der Waals surface area contributed by atoms with Crippen LogP contribution in [-0.2, 0) is 0 Å². The van der Waals surface area contributed by atoms with E-state index in [1.165, 1.54) is 24.4 Å². The highest BCUT2D eigenvalue weighted by atomic mass is 19.1. The van der Waals surface area contributed by atoms with Gasteiger partial charge in [-0.1, -0.05) is 35.9 Å². The molecule has 0 aliphatic heterocycles. The van der Waals surface area contributed by atoms with E-state index in [2.05, 4.69) is 4.98 Å². The SMILES string of the molecule is Cc1ccc(C(=O)c2c[nH]c3c(F)cccc3c2=O)cc1. The smallest absolute Gasteiger partial charge is 0.200 e. The first-order valence-corrected chi connectivity index (χ1v) is 6.49. The number of aromatic nitrogens is 1. The molecule has 3 nitrogen and oxygen atoms in total. The third-order valence-corrected chi connectivity index (χ3v) is 3.42. The number of hydrogen-bond donors (Lipinski definition) is 1. The molecule has 0 unspecified atom stereocenters. The summed E-state index contributed by atoms with van der Waals surface area (Å²) in [6.07, 6.45) is 1.27. The van der Waals surface area contributed by atoms with Crippen molar-refractivity contribution >= 4 is 16.7 Å². The number of benzene rings is 2. The standard InChI is InChI=1S/C17H12FNO2/c1-10-5-7-11(8-6-10)16(20)13-9-19-15-12(17(13)21)3-2-4-14(15)18/h2-9H,1H3,(H,19,21). The number of H-pyrrole nitrogens is 1. The number of aryl methyl sites for hydroxylation is 1. The highest BCUT2D eigenvalue weighted by Gasteiger charge is 2.15. The molecule has 3 aromatic rings. The molecule has 104 valence electrons. The first kappa shape index (κ1) is 13.2. The lowest BCUT2D eigenvalue weighted by Gasteiger charge is -2.04. The fourth-order valence-electron chi connectivity index (χ4n) is 2.24. The topological polar surface area (TPSA) is 49.9 Å². The van der Waals surface area contributed by atoms with E-state index in [4.69, 9.17) is 0 Å². The first-order valence-electron chi connectivity index (χ1n) is 6.49. The molecule has 0 aliphatic carbocycles. The third kappa shape index (κ3) is 2.25. The van der Waals surface area contributed by atoms with E-state index in [0.29, 0.717) is 5.56 Å². The Hall–Kier alpha value is -2.75. The van der Waals surface area contributed by atoms with Gasteiger partial charge in [0.25, 0.3) is 0 Å². The van der Waals surface area contributed by atoms with Gasteiger partial charge < -0.3 is 4.98 Å². The average Bonchev–Trinajstić information content (AvgIpc) is 2.49. The zero-order valence-corrected chi connectivity index (χ0v) is 11.3. The molecular weight excluding hydrogens is 269 g/mol. The van der Waals surface area contributed by atoms with Crippen molar-refractivity contribution in [3.8, 4) is 0 Å². The molecule has 0 radical (unpaired) electrons. The highest BCUT2D eigenvalue weighted by Crippen LogP contribution is 2.14. The molecule has 0 spiro atoms. The van der Waals surface area contributed by atoms with Gasteiger partial charge in [0.1, 0.15) is 5.82 Å². The van der Waals surface area contributed by atoms with Crippen LogP contribution in [0.2, 0.25) is 0 Å². The zero-order chi connectivity index (χ0) is 15.0. The average molecular weight is 281 g/mol. The minimum Gasteiger partial charge on any atom is -0.358 e. The van der Waals surface area contributed by atoms with E-state index in [-0.39, 0.29) is 22.2 Å². The van der Waals surface area contributed by atoms with Crippen LogP contribution in [0.3, 0.4) is 0 Å². The number of fused-ring (bicyclic) bond motifs is 1. The number of carbonyl (C=O) groups is 1. The van der Waals surface area contributed by atoms with E-state index in [1.807, 2.05) is 19.1 Å². The molecule has 2 aromatic carbocycles. The Balaban J connectivity index is 2.17. The molecule has 4 heteroatoms. The van der Waals surface area contributed by atoms with Crippen LogP contribution >= 0.6 is 0 Å². The fourth-order valence-corrected chi connectivity index (χ4v) is 2.24. The van der Waals surface area contributed by atoms with Gasteiger partial charge in [-0.25, -0.2) is 4.39 Å². The van der Waals surface area contributed by atoms with Crippen LogP contribution in [0, 0.1) is 12.7 Å². The van der Waals surface area contributed by atoms with E-state index >= 15 is 0 Å². The molecule has 0 amide bonds. The van der Waals surface area contributed by atoms with E-state index in [1.54, 1.807) is 12.1 Å². The van der Waals surface area contributed by atoms with Crippen LogP contribution in [0.4, 0.5) is 4.39 Å². The predicted octanol–water partition coefficient (Wildman–Crippen LogP) is 3.21. The number of ketones is 1. The van der Waals surface area contributed by atoms with Crippen LogP contribution in [0.1, 0.15) is 21.5 Å². The van der Waals surface area contributed by atoms with Crippen molar-refractivity contribution in [2.45, 2.75) is 6.92 Å². The molecule has 1 N–H and O–H groups in total. The molecule has 0 bridgehead atoms. The van der Waals surface area contributed by atoms with Crippen molar-refractivity contribution in [1.29, 1.82) is 0 Å². The van der Waals surface area contributed by atoms with E-state index < -0.39 is 11.2 Å². The third-order valence-electron chi connectivity index (χ3n) is 3.42. The normalized spacial score (nSPS) is 10.8. The van der Waals surface area contributed by atoms with Gasteiger partial charge in [-0.15, -0.1) is 0 Å². The largest absolute Gasteiger partial charge is 0.358 e. The number of nitrogens with one attached hydrogen (secondary N) is 1. The Morgan fingerprint density at radius 1 is 1.10 bits per heavy atom. The van der Waals surface area contributed by atoms with Gasteiger partial charge in [0.2, 0.25) is 5.43 Å². The Morgan fingerprint density at radius 2 is 1.81 bits per heavy atom. The van der Waals surface area contributed by atoms with Crippen molar-refractivity contribution in [2.24, 2.45) is 0 Å². The molecule has 0 aliphatic rings. The van der Waals surface area contributed by atoms with Crippen molar-refractivity contribution in [3.63, 3.8) is 0 Å². The summed E-state index contributed by atoms with van der Waals surface area (Å²) >= 11 is 0. The summed E-state index contributed by atoms with van der Waals surface area (Å²) < 4.78 is 13.6. The molecule has 0 saturated heterocycles. The summed E-state index contributed by atoms with van der Waals surface area (Å²) in [6, 6.07) is 11.2. The van der Waals surface area contributed by atoms with Crippen molar-refractivity contribution in [1.82, 2.24) is 4.98 Å². The summed E-state index contributed by atoms with van der Waals surface area (Å²) in [5.41, 5.74) is 1.12. The van der Waals surface area contributed by atoms with Gasteiger partial charge in [0.05, 0.1) is 11.1 Å². The highest BCUT2D eigenvalue weighted by molar-refractivity contribution is 6.10. The lowest BCUT2D eigenvalue weighted by Crippen LogP contribution is -2.17. The number of halogens is 1. The summed E-state index contributed by atoms with van der Waals surface area (Å²) in [4.78, 5) is 27.4. The molecule has 0 atom stereocenters. The van der Waals surface area contributed by atoms with Crippen LogP contribution in [0.5, 0.6) is 0 Å². The summed E-state index contributed by atoms with van der Waals surface area (Å²) in [6.45, 7) is 1.92. The summed E-state index contributed by atoms with van der Waals surface area (Å²) in [5, 5.41) is 0.174. The van der Waals surface area contributed by atoms with Crippen LogP contribution in [0.25, 0.3) is 10.9 Å². The van der Waals surface area contributed by atoms with Crippen molar-refractivity contribution in [3.05, 3.63) is 81.4 Å². The second kappa shape index (κ2) is 4.98. The first-order chi connectivity index (χ1) is 10.1. The minimum absolute atomic E-state index is 0.0111. The fraction of sp³-hybridized carbons (Fsp3) is 0.0588. The Labute approximate surface area is 120 Å². The number of pyridine rings is 1. The maximum atomic E-state index is 13.6. The van der Waals surface area contributed by atoms with Crippen molar-refractivity contribution in [2.75, 3.05) is 0 Å². The molecule has 1 heterocycles. The Kier molecular flexibility index (Phi) is 3.14. The van der Waals surface area contributed by atoms with Gasteiger partial charge >= 0.3 is 0 Å². The molecular formula is C17H12FNO2. The van der Waals surface area contributed by atoms with E-state index in [0.717, 1.165) is 5.56 Å². The summed E-state index contributed by atoms with van der Waals surface area (Å²) in [5.74, 6) is -0.888. The lowest BCUT2D eigenvalue weighted by atomic mass is 10.0. The molecule has 3 rings (SSSR count). The maximum absolute atomic E-state index is 13.6. The monoisotopic (exact) mass is 281 g/mol. The van der Waals surface area contributed by atoms with Crippen LogP contribution in [0.15, 0.2) is 53.5 Å². The summed E-state index contributed by atoms with van der Waals surface area (Å²) in [7, 11) is 0. The number of hydrogen-bond acceptors (Lipinski definition) is 2. The Morgan fingerprint density at radius 3 is 2.52 bits per heavy atom. The van der Waals surface area contributed by atoms with Gasteiger partial charge in [-0.2, -0.15) is 0 Å². The van der Waals surface area contributed by atoms with Gasteiger partial charge in [-0.3, -0.25) is 9.59 Å². The predicted molar refractivity (Wildman–Crippen MR) is 79.1 cm³/mol. The molecule has 0 saturated carbocycles. The lowest BCUT2D eigenvalue weighted by molar-refractivity contribution is 0.103. The van der Waals surface area contributed by atoms with Crippen molar-refractivity contribution < 1.29 is 9.18 Å². The minimum atomic E-state index is -0.515. The van der Waals surface area contributed by atoms with Crippen LogP contribution in [-0.4, -0.2) is 10.8 Å². The molecule has 0 fully saturated rings. The number of rotatable bonds is 2. The second-order valence-electron chi connectivity index (χ2n) is 4.89.